The highest BCUT2D eigenvalue weighted by Crippen LogP contribution is 2.28. The molecule has 0 aliphatic carbocycles. The minimum Gasteiger partial charge on any atom is -0.504 e. The van der Waals surface area contributed by atoms with E-state index >= 15 is 0 Å². The SMILES string of the molecule is O=C(/C=C/c1ccc(O)c(O)c1)O[C@@H]1C(CO)O[C@H](OCCc2ccc(O)c(O)c2)C(O)[C@H]1O. The lowest BCUT2D eigenvalue weighted by atomic mass is 9.99. The molecule has 0 spiro atoms. The van der Waals surface area contributed by atoms with Crippen molar-refractivity contribution in [3.63, 3.8) is 0 Å². The lowest BCUT2D eigenvalue weighted by Gasteiger charge is -2.41. The van der Waals surface area contributed by atoms with Crippen molar-refractivity contribution in [1.29, 1.82) is 0 Å². The maximum absolute atomic E-state index is 12.2. The summed E-state index contributed by atoms with van der Waals surface area (Å²) in [5.74, 6) is -2.15. The molecule has 2 aromatic rings. The van der Waals surface area contributed by atoms with E-state index in [0.717, 1.165) is 6.08 Å². The second-order valence-corrected chi connectivity index (χ2v) is 7.63. The van der Waals surface area contributed by atoms with Gasteiger partial charge in [0.05, 0.1) is 13.2 Å². The monoisotopic (exact) mass is 478 g/mol. The molecule has 1 heterocycles. The van der Waals surface area contributed by atoms with Crippen molar-refractivity contribution in [2.45, 2.75) is 37.1 Å². The molecule has 1 aliphatic rings. The number of carbonyl (C=O) groups is 1. The van der Waals surface area contributed by atoms with Crippen LogP contribution >= 0.6 is 0 Å². The molecule has 2 aromatic carbocycles. The van der Waals surface area contributed by atoms with E-state index in [-0.39, 0.29) is 36.0 Å². The molecule has 0 bridgehead atoms. The quantitative estimate of drug-likeness (QED) is 0.155. The molecule has 7 N–H and O–H groups in total. The lowest BCUT2D eigenvalue weighted by molar-refractivity contribution is -0.302. The molecule has 0 radical (unpaired) electrons. The third kappa shape index (κ3) is 6.16. The zero-order chi connectivity index (χ0) is 24.8. The summed E-state index contributed by atoms with van der Waals surface area (Å²) in [6.07, 6.45) is -4.50. The number of benzene rings is 2. The standard InChI is InChI=1S/C23H26O11/c24-11-18-22(34-19(29)6-3-12-1-4-14(25)16(27)9-12)20(30)21(31)23(33-18)32-8-7-13-2-5-15(26)17(28)10-13/h1-6,9-10,18,20-28,30-31H,7-8,11H2/b6-3+/t18?,20-,21?,22-,23+/m1/s1. The van der Waals surface area contributed by atoms with Crippen LogP contribution in [0.5, 0.6) is 23.0 Å². The highest BCUT2D eigenvalue weighted by atomic mass is 16.7. The fourth-order valence-corrected chi connectivity index (χ4v) is 3.34. The van der Waals surface area contributed by atoms with Gasteiger partial charge >= 0.3 is 5.97 Å². The summed E-state index contributed by atoms with van der Waals surface area (Å²) in [6, 6.07) is 8.15. The van der Waals surface area contributed by atoms with Crippen molar-refractivity contribution in [2.24, 2.45) is 0 Å². The van der Waals surface area contributed by atoms with E-state index in [2.05, 4.69) is 0 Å². The molecular formula is C23H26O11. The van der Waals surface area contributed by atoms with Crippen molar-refractivity contribution < 1.29 is 54.8 Å². The molecule has 5 atom stereocenters. The van der Waals surface area contributed by atoms with Gasteiger partial charge in [0.1, 0.15) is 18.3 Å². The number of esters is 1. The maximum atomic E-state index is 12.2. The van der Waals surface area contributed by atoms with Crippen LogP contribution in [0.25, 0.3) is 6.08 Å². The molecule has 1 fully saturated rings. The Morgan fingerprint density at radius 3 is 2.26 bits per heavy atom. The number of carbonyl (C=O) groups excluding carboxylic acids is 1. The van der Waals surface area contributed by atoms with Crippen molar-refractivity contribution in [1.82, 2.24) is 0 Å². The third-order valence-corrected chi connectivity index (χ3v) is 5.20. The minimum atomic E-state index is -1.62. The van der Waals surface area contributed by atoms with Crippen molar-refractivity contribution >= 4 is 12.0 Å². The molecule has 0 aromatic heterocycles. The van der Waals surface area contributed by atoms with E-state index in [1.165, 1.54) is 36.4 Å². The zero-order valence-corrected chi connectivity index (χ0v) is 17.9. The smallest absolute Gasteiger partial charge is 0.331 e. The molecule has 11 nitrogen and oxygen atoms in total. The van der Waals surface area contributed by atoms with Crippen molar-refractivity contribution in [3.8, 4) is 23.0 Å². The largest absolute Gasteiger partial charge is 0.504 e. The number of aliphatic hydroxyl groups excluding tert-OH is 3. The molecule has 2 unspecified atom stereocenters. The van der Waals surface area contributed by atoms with Crippen LogP contribution in [0.2, 0.25) is 0 Å². The van der Waals surface area contributed by atoms with Crippen LogP contribution < -0.4 is 0 Å². The van der Waals surface area contributed by atoms with Gasteiger partial charge in [-0.3, -0.25) is 0 Å². The summed E-state index contributed by atoms with van der Waals surface area (Å²) in [7, 11) is 0. The van der Waals surface area contributed by atoms with Crippen molar-refractivity contribution in [2.75, 3.05) is 13.2 Å². The van der Waals surface area contributed by atoms with E-state index in [0.29, 0.717) is 11.1 Å². The van der Waals surface area contributed by atoms with Crippen LogP contribution in [0.3, 0.4) is 0 Å². The Kier molecular flexibility index (Phi) is 8.31. The number of hydrogen-bond donors (Lipinski definition) is 7. The van der Waals surface area contributed by atoms with Crippen LogP contribution in [0.1, 0.15) is 11.1 Å². The predicted octanol–water partition coefficient (Wildman–Crippen LogP) is 0.132. The lowest BCUT2D eigenvalue weighted by Crippen LogP contribution is -2.60. The van der Waals surface area contributed by atoms with Gasteiger partial charge in [0, 0.05) is 6.08 Å². The van der Waals surface area contributed by atoms with Gasteiger partial charge in [-0.05, 0) is 47.9 Å². The van der Waals surface area contributed by atoms with Crippen LogP contribution in [-0.4, -0.2) is 85.6 Å². The summed E-state index contributed by atoms with van der Waals surface area (Å²) < 4.78 is 16.1. The number of phenols is 4. The highest BCUT2D eigenvalue weighted by Gasteiger charge is 2.46. The summed E-state index contributed by atoms with van der Waals surface area (Å²) in [4.78, 5) is 12.2. The predicted molar refractivity (Wildman–Crippen MR) is 116 cm³/mol. The fraction of sp³-hybridized carbons (Fsp3) is 0.348. The van der Waals surface area contributed by atoms with Gasteiger partial charge in [0.2, 0.25) is 0 Å². The van der Waals surface area contributed by atoms with Gasteiger partial charge in [-0.2, -0.15) is 0 Å². The fourth-order valence-electron chi connectivity index (χ4n) is 3.34. The highest BCUT2D eigenvalue weighted by molar-refractivity contribution is 5.87. The Hall–Kier alpha value is -3.35. The second kappa shape index (κ2) is 11.2. The van der Waals surface area contributed by atoms with Crippen LogP contribution in [0.4, 0.5) is 0 Å². The first kappa shape index (κ1) is 25.3. The third-order valence-electron chi connectivity index (χ3n) is 5.20. The van der Waals surface area contributed by atoms with E-state index in [4.69, 9.17) is 14.2 Å². The average Bonchev–Trinajstić information content (AvgIpc) is 2.81. The first-order valence-corrected chi connectivity index (χ1v) is 10.3. The topological polar surface area (TPSA) is 186 Å². The normalized spacial score (nSPS) is 24.9. The molecule has 0 amide bonds. The Bertz CT molecular complexity index is 1020. The molecule has 184 valence electrons. The van der Waals surface area contributed by atoms with Gasteiger partial charge in [0.15, 0.2) is 35.4 Å². The number of phenolic OH excluding ortho intramolecular Hbond substituents is 4. The maximum Gasteiger partial charge on any atom is 0.331 e. The van der Waals surface area contributed by atoms with Crippen LogP contribution in [-0.2, 0) is 25.4 Å². The number of rotatable bonds is 8. The van der Waals surface area contributed by atoms with E-state index in [1.807, 2.05) is 0 Å². The van der Waals surface area contributed by atoms with E-state index < -0.39 is 43.3 Å². The molecule has 3 rings (SSSR count). The Morgan fingerprint density at radius 1 is 0.941 bits per heavy atom. The zero-order valence-electron chi connectivity index (χ0n) is 17.9. The number of aromatic hydroxyl groups is 4. The van der Waals surface area contributed by atoms with Crippen molar-refractivity contribution in [3.05, 3.63) is 53.6 Å². The molecule has 11 heteroatoms. The van der Waals surface area contributed by atoms with Gasteiger partial charge in [-0.25, -0.2) is 4.79 Å². The number of aliphatic hydroxyl groups is 3. The van der Waals surface area contributed by atoms with Gasteiger partial charge in [-0.1, -0.05) is 12.1 Å². The number of hydrogen-bond acceptors (Lipinski definition) is 11. The molecule has 34 heavy (non-hydrogen) atoms. The first-order valence-electron chi connectivity index (χ1n) is 10.3. The Labute approximate surface area is 194 Å². The summed E-state index contributed by atoms with van der Waals surface area (Å²) in [5, 5.41) is 68.1. The van der Waals surface area contributed by atoms with E-state index in [1.54, 1.807) is 6.07 Å². The minimum absolute atomic E-state index is 0.0173. The molecular weight excluding hydrogens is 452 g/mol. The summed E-state index contributed by atoms with van der Waals surface area (Å²) >= 11 is 0. The van der Waals surface area contributed by atoms with Crippen LogP contribution in [0, 0.1) is 0 Å². The average molecular weight is 478 g/mol. The van der Waals surface area contributed by atoms with Crippen LogP contribution in [0.15, 0.2) is 42.5 Å². The Balaban J connectivity index is 1.56. The first-order chi connectivity index (χ1) is 16.2. The van der Waals surface area contributed by atoms with Gasteiger partial charge < -0.3 is 50.0 Å². The van der Waals surface area contributed by atoms with Gasteiger partial charge in [-0.15, -0.1) is 0 Å². The second-order valence-electron chi connectivity index (χ2n) is 7.63. The molecule has 1 saturated heterocycles. The molecule has 0 saturated carbocycles. The number of ether oxygens (including phenoxy) is 3. The van der Waals surface area contributed by atoms with Gasteiger partial charge in [0.25, 0.3) is 0 Å². The van der Waals surface area contributed by atoms with E-state index in [9.17, 15) is 40.5 Å². The molecule has 1 aliphatic heterocycles. The summed E-state index contributed by atoms with van der Waals surface area (Å²) in [5.41, 5.74) is 1.03. The Morgan fingerprint density at radius 2 is 1.62 bits per heavy atom. The summed E-state index contributed by atoms with van der Waals surface area (Å²) in [6.45, 7) is -0.619.